The first-order valence-corrected chi connectivity index (χ1v) is 9.68. The van der Waals surface area contributed by atoms with Crippen LogP contribution in [-0.4, -0.2) is 50.3 Å². The molecule has 0 atom stereocenters. The molecule has 0 unspecified atom stereocenters. The van der Waals surface area contributed by atoms with Crippen LogP contribution in [0.5, 0.6) is 0 Å². The SMILES string of the molecule is COCCOCCNS(=O)(=O)c1ccc(S(=O)(=O)Cl)cc1. The summed E-state index contributed by atoms with van der Waals surface area (Å²) in [6, 6.07) is 4.60. The van der Waals surface area contributed by atoms with Crippen LogP contribution in [0.15, 0.2) is 34.1 Å². The fraction of sp³-hybridized carbons (Fsp3) is 0.455. The van der Waals surface area contributed by atoms with E-state index in [1.807, 2.05) is 0 Å². The van der Waals surface area contributed by atoms with Crippen molar-refractivity contribution < 1.29 is 26.3 Å². The Morgan fingerprint density at radius 1 is 1.00 bits per heavy atom. The predicted octanol–water partition coefficient (Wildman–Crippen LogP) is 0.555. The van der Waals surface area contributed by atoms with Gasteiger partial charge in [0.1, 0.15) is 0 Å². The Bertz CT molecular complexity index is 642. The number of ether oxygens (including phenoxy) is 2. The Hall–Kier alpha value is -0.710. The second-order valence-corrected chi connectivity index (χ2v) is 8.25. The zero-order valence-electron chi connectivity index (χ0n) is 11.3. The van der Waals surface area contributed by atoms with Gasteiger partial charge in [0.2, 0.25) is 10.0 Å². The summed E-state index contributed by atoms with van der Waals surface area (Å²) < 4.78 is 58.2. The highest BCUT2D eigenvalue weighted by atomic mass is 35.7. The molecule has 120 valence electrons. The lowest BCUT2D eigenvalue weighted by Gasteiger charge is -2.07. The molecule has 0 bridgehead atoms. The van der Waals surface area contributed by atoms with E-state index in [0.29, 0.717) is 13.2 Å². The van der Waals surface area contributed by atoms with Crippen molar-refractivity contribution in [2.24, 2.45) is 0 Å². The molecule has 0 aromatic heterocycles. The van der Waals surface area contributed by atoms with Gasteiger partial charge in [-0.15, -0.1) is 0 Å². The molecule has 7 nitrogen and oxygen atoms in total. The van der Waals surface area contributed by atoms with E-state index < -0.39 is 19.1 Å². The number of hydrogen-bond donors (Lipinski definition) is 1. The van der Waals surface area contributed by atoms with E-state index in [4.69, 9.17) is 20.2 Å². The van der Waals surface area contributed by atoms with Crippen molar-refractivity contribution in [2.75, 3.05) is 33.5 Å². The van der Waals surface area contributed by atoms with E-state index in [-0.39, 0.29) is 22.9 Å². The first-order chi connectivity index (χ1) is 9.77. The van der Waals surface area contributed by atoms with E-state index >= 15 is 0 Å². The van der Waals surface area contributed by atoms with Crippen molar-refractivity contribution in [1.82, 2.24) is 4.72 Å². The van der Waals surface area contributed by atoms with E-state index in [1.54, 1.807) is 0 Å². The predicted molar refractivity (Wildman–Crippen MR) is 77.4 cm³/mol. The van der Waals surface area contributed by atoms with Gasteiger partial charge in [0.05, 0.1) is 29.6 Å². The van der Waals surface area contributed by atoms with E-state index in [9.17, 15) is 16.8 Å². The van der Waals surface area contributed by atoms with Crippen LogP contribution < -0.4 is 4.72 Å². The van der Waals surface area contributed by atoms with Crippen molar-refractivity contribution in [2.45, 2.75) is 9.79 Å². The van der Waals surface area contributed by atoms with E-state index in [0.717, 1.165) is 12.1 Å². The highest BCUT2D eigenvalue weighted by Gasteiger charge is 2.15. The summed E-state index contributed by atoms with van der Waals surface area (Å²) in [5.74, 6) is 0. The monoisotopic (exact) mass is 357 g/mol. The molecule has 1 aromatic rings. The largest absolute Gasteiger partial charge is 0.382 e. The Labute approximate surface area is 128 Å². The molecular weight excluding hydrogens is 342 g/mol. The van der Waals surface area contributed by atoms with Crippen molar-refractivity contribution in [3.8, 4) is 0 Å². The van der Waals surface area contributed by atoms with Crippen LogP contribution in [0.1, 0.15) is 0 Å². The van der Waals surface area contributed by atoms with E-state index in [1.165, 1.54) is 19.2 Å². The lowest BCUT2D eigenvalue weighted by atomic mass is 10.4. The molecule has 0 spiro atoms. The van der Waals surface area contributed by atoms with Crippen LogP contribution in [0.4, 0.5) is 0 Å². The number of halogens is 1. The molecule has 1 aromatic carbocycles. The third-order valence-corrected chi connectivity index (χ3v) is 5.23. The number of rotatable bonds is 9. The van der Waals surface area contributed by atoms with Gasteiger partial charge in [0.25, 0.3) is 9.05 Å². The fourth-order valence-electron chi connectivity index (χ4n) is 1.36. The first-order valence-electron chi connectivity index (χ1n) is 5.88. The van der Waals surface area contributed by atoms with Crippen LogP contribution in [-0.2, 0) is 28.5 Å². The van der Waals surface area contributed by atoms with Crippen molar-refractivity contribution in [3.63, 3.8) is 0 Å². The van der Waals surface area contributed by atoms with Crippen LogP contribution >= 0.6 is 10.7 Å². The number of benzene rings is 1. The third-order valence-electron chi connectivity index (χ3n) is 2.39. The van der Waals surface area contributed by atoms with Crippen molar-refractivity contribution in [3.05, 3.63) is 24.3 Å². The Morgan fingerprint density at radius 3 is 2.10 bits per heavy atom. The first kappa shape index (κ1) is 18.3. The highest BCUT2D eigenvalue weighted by Crippen LogP contribution is 2.17. The van der Waals surface area contributed by atoms with Crippen LogP contribution in [0.2, 0.25) is 0 Å². The molecule has 0 radical (unpaired) electrons. The third kappa shape index (κ3) is 6.29. The molecule has 0 fully saturated rings. The van der Waals surface area contributed by atoms with Crippen LogP contribution in [0.3, 0.4) is 0 Å². The second-order valence-electron chi connectivity index (χ2n) is 3.91. The topological polar surface area (TPSA) is 98.8 Å². The van der Waals surface area contributed by atoms with Gasteiger partial charge in [0.15, 0.2) is 0 Å². The maximum atomic E-state index is 11.9. The van der Waals surface area contributed by atoms with Crippen LogP contribution in [0, 0.1) is 0 Å². The lowest BCUT2D eigenvalue weighted by Crippen LogP contribution is -2.27. The standard InChI is InChI=1S/C11H16ClNO6S2/c1-18-8-9-19-7-6-13-21(16,17)11-4-2-10(3-5-11)20(12,14)15/h2-5,13H,6-9H2,1H3. The number of sulfonamides is 1. The molecule has 0 aliphatic rings. The quantitative estimate of drug-likeness (QED) is 0.512. The molecule has 0 aliphatic carbocycles. The zero-order chi connectivity index (χ0) is 15.9. The molecule has 0 heterocycles. The van der Waals surface area contributed by atoms with Gasteiger partial charge in [-0.25, -0.2) is 21.6 Å². The summed E-state index contributed by atoms with van der Waals surface area (Å²) in [6.07, 6.45) is 0. The van der Waals surface area contributed by atoms with Gasteiger partial charge in [0, 0.05) is 24.3 Å². The van der Waals surface area contributed by atoms with Crippen molar-refractivity contribution >= 4 is 29.8 Å². The Kier molecular flexibility index (Phi) is 7.04. The molecule has 0 aliphatic heterocycles. The molecule has 1 N–H and O–H groups in total. The minimum absolute atomic E-state index is 0.0524. The number of methoxy groups -OCH3 is 1. The summed E-state index contributed by atoms with van der Waals surface area (Å²) >= 11 is 0. The molecule has 0 amide bonds. The minimum Gasteiger partial charge on any atom is -0.382 e. The summed E-state index contributed by atoms with van der Waals surface area (Å²) in [4.78, 5) is -0.213. The molecule has 10 heteroatoms. The van der Waals surface area contributed by atoms with Gasteiger partial charge < -0.3 is 9.47 Å². The van der Waals surface area contributed by atoms with E-state index in [2.05, 4.69) is 4.72 Å². The Morgan fingerprint density at radius 2 is 1.57 bits per heavy atom. The summed E-state index contributed by atoms with van der Waals surface area (Å²) in [5.41, 5.74) is 0. The molecule has 0 saturated heterocycles. The highest BCUT2D eigenvalue weighted by molar-refractivity contribution is 8.13. The fourth-order valence-corrected chi connectivity index (χ4v) is 3.14. The second kappa shape index (κ2) is 8.06. The Balaban J connectivity index is 2.58. The average molecular weight is 358 g/mol. The molecule has 1 rings (SSSR count). The summed E-state index contributed by atoms with van der Waals surface area (Å²) in [6.45, 7) is 1.11. The summed E-state index contributed by atoms with van der Waals surface area (Å²) in [7, 11) is -0.896. The van der Waals surface area contributed by atoms with Crippen molar-refractivity contribution in [1.29, 1.82) is 0 Å². The van der Waals surface area contributed by atoms with Gasteiger partial charge in [-0.1, -0.05) is 0 Å². The van der Waals surface area contributed by atoms with Gasteiger partial charge >= 0.3 is 0 Å². The maximum Gasteiger partial charge on any atom is 0.261 e. The minimum atomic E-state index is -3.87. The normalized spacial score (nSPS) is 12.5. The molecule has 0 saturated carbocycles. The van der Waals surface area contributed by atoms with Gasteiger partial charge in [-0.3, -0.25) is 0 Å². The maximum absolute atomic E-state index is 11.9. The van der Waals surface area contributed by atoms with Gasteiger partial charge in [-0.2, -0.15) is 0 Å². The van der Waals surface area contributed by atoms with Gasteiger partial charge in [-0.05, 0) is 24.3 Å². The number of hydrogen-bond acceptors (Lipinski definition) is 6. The smallest absolute Gasteiger partial charge is 0.261 e. The van der Waals surface area contributed by atoms with Crippen LogP contribution in [0.25, 0.3) is 0 Å². The average Bonchev–Trinajstić information content (AvgIpc) is 2.42. The summed E-state index contributed by atoms with van der Waals surface area (Å²) in [5, 5.41) is 0. The zero-order valence-corrected chi connectivity index (χ0v) is 13.7. The molecule has 21 heavy (non-hydrogen) atoms. The lowest BCUT2D eigenvalue weighted by molar-refractivity contribution is 0.0736. The number of nitrogens with one attached hydrogen (secondary N) is 1. The molecular formula is C11H16ClNO6S2.